The number of hydrogen-bond donors (Lipinski definition) is 4. The highest BCUT2D eigenvalue weighted by Crippen LogP contribution is 2.11. The van der Waals surface area contributed by atoms with Crippen molar-refractivity contribution >= 4 is 11.9 Å². The van der Waals surface area contributed by atoms with Crippen LogP contribution in [0.5, 0.6) is 0 Å². The molecular formula is C22H46N4O4. The molecule has 178 valence electrons. The zero-order valence-corrected chi connectivity index (χ0v) is 18.8. The van der Waals surface area contributed by atoms with Crippen LogP contribution in [-0.4, -0.2) is 37.5 Å². The first-order valence-corrected chi connectivity index (χ1v) is 11.8. The van der Waals surface area contributed by atoms with Gasteiger partial charge >= 0.3 is 11.9 Å². The fourth-order valence-electron chi connectivity index (χ4n) is 3.15. The van der Waals surface area contributed by atoms with Crippen molar-refractivity contribution in [1.82, 2.24) is 0 Å². The summed E-state index contributed by atoms with van der Waals surface area (Å²) in [7, 11) is 0. The highest BCUT2D eigenvalue weighted by molar-refractivity contribution is 5.69. The molecule has 0 spiro atoms. The number of carbonyl (C=O) groups excluding carboxylic acids is 2. The first-order chi connectivity index (χ1) is 14.5. The molecule has 0 amide bonds. The van der Waals surface area contributed by atoms with Crippen LogP contribution in [-0.2, 0) is 19.1 Å². The van der Waals surface area contributed by atoms with Crippen LogP contribution in [0.1, 0.15) is 103 Å². The summed E-state index contributed by atoms with van der Waals surface area (Å²) < 4.78 is 10.4. The van der Waals surface area contributed by atoms with Crippen molar-refractivity contribution in [2.75, 3.05) is 13.1 Å². The molecule has 2 unspecified atom stereocenters. The molecule has 0 aromatic rings. The number of esters is 2. The second-order valence-electron chi connectivity index (χ2n) is 7.95. The molecular weight excluding hydrogens is 384 g/mol. The number of unbranched alkanes of at least 4 members (excludes halogenated alkanes) is 9. The number of carbonyl (C=O) groups is 2. The first kappa shape index (κ1) is 28.8. The maximum Gasteiger partial charge on any atom is 0.307 e. The van der Waals surface area contributed by atoms with E-state index in [4.69, 9.17) is 32.4 Å². The van der Waals surface area contributed by atoms with Gasteiger partial charge in [0, 0.05) is 12.8 Å². The third kappa shape index (κ3) is 20.1. The molecule has 0 fully saturated rings. The highest BCUT2D eigenvalue weighted by atomic mass is 16.6. The van der Waals surface area contributed by atoms with Crippen molar-refractivity contribution in [3.63, 3.8) is 0 Å². The maximum atomic E-state index is 11.7. The van der Waals surface area contributed by atoms with Gasteiger partial charge in [0.05, 0.1) is 0 Å². The molecule has 2 atom stereocenters. The third-order valence-electron chi connectivity index (χ3n) is 4.96. The molecule has 8 nitrogen and oxygen atoms in total. The molecule has 8 heteroatoms. The van der Waals surface area contributed by atoms with E-state index in [9.17, 15) is 9.59 Å². The van der Waals surface area contributed by atoms with Gasteiger partial charge in [0.15, 0.2) is 12.5 Å². The zero-order valence-electron chi connectivity index (χ0n) is 18.8. The molecule has 0 rings (SSSR count). The van der Waals surface area contributed by atoms with E-state index < -0.39 is 12.5 Å². The molecule has 0 saturated carbocycles. The van der Waals surface area contributed by atoms with Gasteiger partial charge in [-0.2, -0.15) is 0 Å². The fourth-order valence-corrected chi connectivity index (χ4v) is 3.15. The van der Waals surface area contributed by atoms with E-state index in [0.29, 0.717) is 38.8 Å². The Kier molecular flexibility index (Phi) is 20.2. The monoisotopic (exact) mass is 430 g/mol. The zero-order chi connectivity index (χ0) is 22.5. The van der Waals surface area contributed by atoms with Crippen LogP contribution in [0, 0.1) is 0 Å². The molecule has 8 N–H and O–H groups in total. The summed E-state index contributed by atoms with van der Waals surface area (Å²) in [5.74, 6) is -0.438. The van der Waals surface area contributed by atoms with Gasteiger partial charge in [-0.1, -0.05) is 38.5 Å². The van der Waals surface area contributed by atoms with Crippen molar-refractivity contribution < 1.29 is 19.1 Å². The van der Waals surface area contributed by atoms with Crippen LogP contribution in [0.25, 0.3) is 0 Å². The van der Waals surface area contributed by atoms with E-state index in [-0.39, 0.29) is 11.9 Å². The quantitative estimate of drug-likeness (QED) is 0.123. The predicted molar refractivity (Wildman–Crippen MR) is 120 cm³/mol. The normalized spacial score (nSPS) is 13.1. The lowest BCUT2D eigenvalue weighted by molar-refractivity contribution is -0.150. The molecule has 0 saturated heterocycles. The van der Waals surface area contributed by atoms with Crippen molar-refractivity contribution in [3.8, 4) is 0 Å². The van der Waals surface area contributed by atoms with Gasteiger partial charge in [-0.25, -0.2) is 0 Å². The van der Waals surface area contributed by atoms with E-state index in [1.54, 1.807) is 0 Å². The molecule has 0 aliphatic carbocycles. The predicted octanol–water partition coefficient (Wildman–Crippen LogP) is 2.80. The summed E-state index contributed by atoms with van der Waals surface area (Å²) in [6, 6.07) is 0. The lowest BCUT2D eigenvalue weighted by Gasteiger charge is -2.13. The molecule has 30 heavy (non-hydrogen) atoms. The summed E-state index contributed by atoms with van der Waals surface area (Å²) in [6.07, 6.45) is 12.7. The Balaban J connectivity index is 3.47. The molecule has 0 bridgehead atoms. The van der Waals surface area contributed by atoms with Crippen LogP contribution >= 0.6 is 0 Å². The van der Waals surface area contributed by atoms with Gasteiger partial charge in [0.2, 0.25) is 0 Å². The summed E-state index contributed by atoms with van der Waals surface area (Å²) in [6.45, 7) is 1.37. The van der Waals surface area contributed by atoms with E-state index in [1.165, 1.54) is 0 Å². The second-order valence-corrected chi connectivity index (χ2v) is 7.95. The van der Waals surface area contributed by atoms with Crippen LogP contribution in [0.15, 0.2) is 0 Å². The minimum Gasteiger partial charge on any atom is -0.447 e. The Labute approximate surface area is 182 Å². The average Bonchev–Trinajstić information content (AvgIpc) is 2.70. The third-order valence-corrected chi connectivity index (χ3v) is 4.96. The minimum atomic E-state index is -0.505. The van der Waals surface area contributed by atoms with Gasteiger partial charge in [0.25, 0.3) is 0 Å². The smallest absolute Gasteiger partial charge is 0.307 e. The summed E-state index contributed by atoms with van der Waals surface area (Å²) in [5, 5.41) is 0. The molecule has 0 aliphatic heterocycles. The summed E-state index contributed by atoms with van der Waals surface area (Å²) >= 11 is 0. The van der Waals surface area contributed by atoms with E-state index >= 15 is 0 Å². The van der Waals surface area contributed by atoms with Gasteiger partial charge in [-0.15, -0.1) is 0 Å². The number of hydrogen-bond acceptors (Lipinski definition) is 8. The average molecular weight is 431 g/mol. The molecule has 0 heterocycles. The summed E-state index contributed by atoms with van der Waals surface area (Å²) in [4.78, 5) is 23.5. The Hall–Kier alpha value is -1.22. The maximum absolute atomic E-state index is 11.7. The Bertz CT molecular complexity index is 386. The Morgan fingerprint density at radius 1 is 0.533 bits per heavy atom. The van der Waals surface area contributed by atoms with Crippen molar-refractivity contribution in [2.24, 2.45) is 22.9 Å². The Morgan fingerprint density at radius 2 is 0.867 bits per heavy atom. The number of rotatable bonds is 21. The van der Waals surface area contributed by atoms with Crippen LogP contribution in [0.4, 0.5) is 0 Å². The van der Waals surface area contributed by atoms with Crippen LogP contribution in [0.3, 0.4) is 0 Å². The number of ether oxygens (including phenoxy) is 2. The Morgan fingerprint density at radius 3 is 1.23 bits per heavy atom. The van der Waals surface area contributed by atoms with Crippen LogP contribution < -0.4 is 22.9 Å². The molecule has 0 aromatic carbocycles. The minimum absolute atomic E-state index is 0.219. The lowest BCUT2D eigenvalue weighted by atomic mass is 10.1. The van der Waals surface area contributed by atoms with E-state index in [0.717, 1.165) is 77.0 Å². The van der Waals surface area contributed by atoms with Gasteiger partial charge < -0.3 is 20.9 Å². The van der Waals surface area contributed by atoms with Crippen molar-refractivity contribution in [1.29, 1.82) is 0 Å². The van der Waals surface area contributed by atoms with Crippen molar-refractivity contribution in [2.45, 2.75) is 115 Å². The summed E-state index contributed by atoms with van der Waals surface area (Å²) in [5.41, 5.74) is 22.5. The van der Waals surface area contributed by atoms with E-state index in [2.05, 4.69) is 0 Å². The van der Waals surface area contributed by atoms with Gasteiger partial charge in [-0.3, -0.25) is 21.1 Å². The van der Waals surface area contributed by atoms with Crippen molar-refractivity contribution in [3.05, 3.63) is 0 Å². The standard InChI is InChI=1S/C22H46N4O4/c23-17-11-5-7-13-19(25)29-21(27)15-9-3-1-2-4-10-16-22(28)30-20(26)14-8-6-12-18-24/h19-20H,1-18,23-26H2. The molecule has 0 radical (unpaired) electrons. The van der Waals surface area contributed by atoms with Crippen LogP contribution in [0.2, 0.25) is 0 Å². The molecule has 0 aromatic heterocycles. The first-order valence-electron chi connectivity index (χ1n) is 11.8. The van der Waals surface area contributed by atoms with E-state index in [1.807, 2.05) is 0 Å². The molecule has 0 aliphatic rings. The largest absolute Gasteiger partial charge is 0.447 e. The highest BCUT2D eigenvalue weighted by Gasteiger charge is 2.10. The fraction of sp³-hybridized carbons (Fsp3) is 0.909. The number of nitrogens with two attached hydrogens (primary N) is 4. The second kappa shape index (κ2) is 21.0. The van der Waals surface area contributed by atoms with Gasteiger partial charge in [0.1, 0.15) is 0 Å². The van der Waals surface area contributed by atoms with Gasteiger partial charge in [-0.05, 0) is 64.5 Å². The SMILES string of the molecule is NCCCCCC(N)OC(=O)CCCCCCCCC(=O)OC(N)CCCCCN. The topological polar surface area (TPSA) is 157 Å². The lowest BCUT2D eigenvalue weighted by Crippen LogP contribution is -2.27.